The molecule has 10 heteroatoms. The summed E-state index contributed by atoms with van der Waals surface area (Å²) in [5, 5.41) is 6.03. The fourth-order valence-corrected chi connectivity index (χ4v) is 6.16. The van der Waals surface area contributed by atoms with Gasteiger partial charge in [-0.05, 0) is 56.2 Å². The van der Waals surface area contributed by atoms with Crippen molar-refractivity contribution in [1.29, 1.82) is 0 Å². The van der Waals surface area contributed by atoms with E-state index in [1.807, 2.05) is 12.1 Å². The average Bonchev–Trinajstić information content (AvgIpc) is 3.19. The van der Waals surface area contributed by atoms with Crippen molar-refractivity contribution in [3.63, 3.8) is 0 Å². The number of carbonyl (C=O) groups is 2. The molecule has 1 spiro atoms. The Hall–Kier alpha value is -3.24. The van der Waals surface area contributed by atoms with Gasteiger partial charge in [-0.25, -0.2) is 4.98 Å². The van der Waals surface area contributed by atoms with Crippen LogP contribution in [0.15, 0.2) is 23.0 Å². The molecular weight excluding hydrogens is 472 g/mol. The number of morpholine rings is 1. The fraction of sp³-hybridized carbons (Fsp3) is 0.556. The number of aryl methyl sites for hydroxylation is 1. The molecule has 0 atom stereocenters. The van der Waals surface area contributed by atoms with Crippen LogP contribution in [0.3, 0.4) is 0 Å². The fourth-order valence-electron chi connectivity index (χ4n) is 6.16. The van der Waals surface area contributed by atoms with Crippen LogP contribution in [0.25, 0.3) is 0 Å². The largest absolute Gasteiger partial charge is 0.379 e. The quantitative estimate of drug-likeness (QED) is 0.558. The molecular formula is C27H34N6O4. The maximum absolute atomic E-state index is 13.2. The van der Waals surface area contributed by atoms with Crippen molar-refractivity contribution < 1.29 is 14.3 Å². The molecule has 2 amide bonds. The molecule has 0 unspecified atom stereocenters. The summed E-state index contributed by atoms with van der Waals surface area (Å²) in [6.07, 6.45) is 5.00. The van der Waals surface area contributed by atoms with Gasteiger partial charge in [-0.3, -0.25) is 24.3 Å². The summed E-state index contributed by atoms with van der Waals surface area (Å²) in [6.45, 7) is 5.86. The smallest absolute Gasteiger partial charge is 0.255 e. The Morgan fingerprint density at radius 3 is 2.68 bits per heavy atom. The van der Waals surface area contributed by atoms with Crippen LogP contribution in [-0.2, 0) is 27.8 Å². The minimum atomic E-state index is -0.619. The van der Waals surface area contributed by atoms with Crippen LogP contribution in [0, 0.1) is 0 Å². The molecule has 37 heavy (non-hydrogen) atoms. The Morgan fingerprint density at radius 1 is 1.08 bits per heavy atom. The van der Waals surface area contributed by atoms with Crippen LogP contribution in [-0.4, -0.2) is 79.2 Å². The van der Waals surface area contributed by atoms with Crippen LogP contribution in [0.1, 0.15) is 52.9 Å². The van der Waals surface area contributed by atoms with E-state index in [1.165, 1.54) is 0 Å². The van der Waals surface area contributed by atoms with Gasteiger partial charge in [0, 0.05) is 56.1 Å². The number of nitrogens with one attached hydrogen (secondary N) is 3. The second-order valence-corrected chi connectivity index (χ2v) is 10.5. The van der Waals surface area contributed by atoms with Crippen LogP contribution in [0.5, 0.6) is 0 Å². The molecule has 1 aliphatic carbocycles. The van der Waals surface area contributed by atoms with Gasteiger partial charge in [0.2, 0.25) is 11.9 Å². The van der Waals surface area contributed by atoms with E-state index >= 15 is 0 Å². The standard InChI is InChI=1S/C27H34N6O4/c34-23(28-9-12-32-13-15-37-16-14-32)18-5-6-20-22(17-18)29-25(36)27(20)7-10-33(11-8-27)26-30-21-4-2-1-3-19(21)24(35)31-26/h5-6,17H,1-4,7-16H2,(H,28,34)(H,29,36)(H,30,31,35). The molecule has 3 N–H and O–H groups in total. The SMILES string of the molecule is O=C(NCCN1CCOCC1)c1ccc2c(c1)NC(=O)C21CCN(c2nc3c(c(=O)[nH]2)CCCC3)CC1. The van der Waals surface area contributed by atoms with Gasteiger partial charge in [-0.1, -0.05) is 6.07 Å². The zero-order valence-corrected chi connectivity index (χ0v) is 21.1. The summed E-state index contributed by atoms with van der Waals surface area (Å²) in [5.74, 6) is 0.464. The molecule has 2 aromatic rings. The van der Waals surface area contributed by atoms with Gasteiger partial charge < -0.3 is 20.3 Å². The van der Waals surface area contributed by atoms with Crippen molar-refractivity contribution in [2.75, 3.05) is 62.7 Å². The number of anilines is 2. The van der Waals surface area contributed by atoms with E-state index in [-0.39, 0.29) is 17.4 Å². The molecule has 6 rings (SSSR count). The van der Waals surface area contributed by atoms with Gasteiger partial charge in [-0.15, -0.1) is 0 Å². The van der Waals surface area contributed by atoms with Crippen LogP contribution in [0.4, 0.5) is 11.6 Å². The second kappa shape index (κ2) is 9.90. The third kappa shape index (κ3) is 4.53. The first kappa shape index (κ1) is 24.1. The van der Waals surface area contributed by atoms with Crippen molar-refractivity contribution in [1.82, 2.24) is 20.2 Å². The summed E-state index contributed by atoms with van der Waals surface area (Å²) in [4.78, 5) is 50.7. The number of carbonyl (C=O) groups excluding carboxylic acids is 2. The molecule has 2 fully saturated rings. The molecule has 2 saturated heterocycles. The van der Waals surface area contributed by atoms with Crippen molar-refractivity contribution in [3.8, 4) is 0 Å². The molecule has 0 radical (unpaired) electrons. The topological polar surface area (TPSA) is 120 Å². The molecule has 1 aromatic heterocycles. The van der Waals surface area contributed by atoms with Gasteiger partial charge in [0.25, 0.3) is 11.5 Å². The number of aromatic amines is 1. The minimum Gasteiger partial charge on any atom is -0.379 e. The summed E-state index contributed by atoms with van der Waals surface area (Å²) < 4.78 is 5.36. The molecule has 4 heterocycles. The summed E-state index contributed by atoms with van der Waals surface area (Å²) in [5.41, 5.74) is 3.32. The van der Waals surface area contributed by atoms with Crippen LogP contribution < -0.4 is 21.1 Å². The molecule has 10 nitrogen and oxygen atoms in total. The van der Waals surface area contributed by atoms with E-state index in [1.54, 1.807) is 6.07 Å². The van der Waals surface area contributed by atoms with Gasteiger partial charge >= 0.3 is 0 Å². The lowest BCUT2D eigenvalue weighted by atomic mass is 9.73. The molecule has 1 aromatic carbocycles. The van der Waals surface area contributed by atoms with E-state index < -0.39 is 5.41 Å². The van der Waals surface area contributed by atoms with E-state index in [0.29, 0.717) is 44.0 Å². The maximum Gasteiger partial charge on any atom is 0.255 e. The van der Waals surface area contributed by atoms with E-state index in [4.69, 9.17) is 9.72 Å². The molecule has 4 aliphatic rings. The van der Waals surface area contributed by atoms with E-state index in [9.17, 15) is 14.4 Å². The molecule has 0 saturated carbocycles. The number of hydrogen-bond acceptors (Lipinski definition) is 7. The van der Waals surface area contributed by atoms with Crippen molar-refractivity contribution in [3.05, 3.63) is 50.9 Å². The predicted octanol–water partition coefficient (Wildman–Crippen LogP) is 1.20. The number of rotatable bonds is 5. The molecule has 0 bridgehead atoms. The number of nitrogens with zero attached hydrogens (tertiary/aromatic N) is 3. The number of hydrogen-bond donors (Lipinski definition) is 3. The van der Waals surface area contributed by atoms with Crippen LogP contribution >= 0.6 is 0 Å². The third-order valence-electron chi connectivity index (χ3n) is 8.39. The monoisotopic (exact) mass is 506 g/mol. The van der Waals surface area contributed by atoms with Crippen molar-refractivity contribution >= 4 is 23.5 Å². The Balaban J connectivity index is 1.12. The van der Waals surface area contributed by atoms with E-state index in [0.717, 1.165) is 81.0 Å². The lowest BCUT2D eigenvalue weighted by molar-refractivity contribution is -0.121. The lowest BCUT2D eigenvalue weighted by Gasteiger charge is -2.38. The Bertz CT molecular complexity index is 1260. The summed E-state index contributed by atoms with van der Waals surface area (Å²) in [6, 6.07) is 5.54. The Kier molecular flexibility index (Phi) is 6.46. The minimum absolute atomic E-state index is 0.0149. The zero-order chi connectivity index (χ0) is 25.4. The van der Waals surface area contributed by atoms with Gasteiger partial charge in [0.05, 0.1) is 24.3 Å². The molecule has 196 valence electrons. The number of piperidine rings is 1. The van der Waals surface area contributed by atoms with Crippen molar-refractivity contribution in [2.24, 2.45) is 0 Å². The summed E-state index contributed by atoms with van der Waals surface area (Å²) >= 11 is 0. The van der Waals surface area contributed by atoms with Gasteiger partial charge in [-0.2, -0.15) is 0 Å². The van der Waals surface area contributed by atoms with Gasteiger partial charge in [0.1, 0.15) is 0 Å². The highest BCUT2D eigenvalue weighted by atomic mass is 16.5. The number of ether oxygens (including phenoxy) is 1. The maximum atomic E-state index is 13.2. The van der Waals surface area contributed by atoms with Crippen LogP contribution in [0.2, 0.25) is 0 Å². The average molecular weight is 507 g/mol. The number of aromatic nitrogens is 2. The second-order valence-electron chi connectivity index (χ2n) is 10.5. The zero-order valence-electron chi connectivity index (χ0n) is 21.1. The highest BCUT2D eigenvalue weighted by Gasteiger charge is 2.48. The Morgan fingerprint density at radius 2 is 1.86 bits per heavy atom. The highest BCUT2D eigenvalue weighted by molar-refractivity contribution is 6.08. The first-order valence-corrected chi connectivity index (χ1v) is 13.4. The number of H-pyrrole nitrogens is 1. The predicted molar refractivity (Wildman–Crippen MR) is 139 cm³/mol. The number of fused-ring (bicyclic) bond motifs is 3. The number of benzene rings is 1. The van der Waals surface area contributed by atoms with Crippen molar-refractivity contribution in [2.45, 2.75) is 43.9 Å². The van der Waals surface area contributed by atoms with E-state index in [2.05, 4.69) is 25.4 Å². The first-order chi connectivity index (χ1) is 18.0. The Labute approximate surface area is 215 Å². The highest BCUT2D eigenvalue weighted by Crippen LogP contribution is 2.45. The number of amides is 2. The molecule has 3 aliphatic heterocycles. The summed E-state index contributed by atoms with van der Waals surface area (Å²) in [7, 11) is 0. The first-order valence-electron chi connectivity index (χ1n) is 13.4. The normalized spacial score (nSPS) is 20.9. The lowest BCUT2D eigenvalue weighted by Crippen LogP contribution is -2.47. The van der Waals surface area contributed by atoms with Gasteiger partial charge in [0.15, 0.2) is 0 Å². The third-order valence-corrected chi connectivity index (χ3v) is 8.39.